The fourth-order valence-corrected chi connectivity index (χ4v) is 3.54. The van der Waals surface area contributed by atoms with Crippen molar-refractivity contribution in [1.29, 1.82) is 0 Å². The number of amides is 1. The Balaban J connectivity index is 1.52. The van der Waals surface area contributed by atoms with Gasteiger partial charge in [-0.15, -0.1) is 0 Å². The molecule has 25 heavy (non-hydrogen) atoms. The number of rotatable bonds is 5. The topological polar surface area (TPSA) is 52.6 Å². The molecule has 2 N–H and O–H groups in total. The van der Waals surface area contributed by atoms with Gasteiger partial charge in [0.25, 0.3) is 5.91 Å². The monoisotopic (exact) mass is 338 g/mol. The molecule has 1 aliphatic heterocycles. The number of hydrogen-bond donors (Lipinski definition) is 2. The summed E-state index contributed by atoms with van der Waals surface area (Å²) in [7, 11) is 0. The molecule has 4 nitrogen and oxygen atoms in total. The number of aliphatic hydroxyl groups is 1. The van der Waals surface area contributed by atoms with E-state index in [0.717, 1.165) is 30.6 Å². The minimum atomic E-state index is -0.571. The van der Waals surface area contributed by atoms with E-state index < -0.39 is 6.10 Å². The summed E-state index contributed by atoms with van der Waals surface area (Å²) in [5, 5.41) is 13.2. The van der Waals surface area contributed by atoms with Crippen LogP contribution in [0.2, 0.25) is 0 Å². The summed E-state index contributed by atoms with van der Waals surface area (Å²) in [5.74, 6) is -0.112. The van der Waals surface area contributed by atoms with Gasteiger partial charge in [-0.25, -0.2) is 0 Å². The first-order valence-corrected chi connectivity index (χ1v) is 8.86. The molecule has 2 aromatic carbocycles. The van der Waals surface area contributed by atoms with Gasteiger partial charge in [-0.2, -0.15) is 0 Å². The van der Waals surface area contributed by atoms with Crippen LogP contribution in [0, 0.1) is 13.8 Å². The molecule has 4 heteroatoms. The largest absolute Gasteiger partial charge is 0.390 e. The fraction of sp³-hybridized carbons (Fsp3) is 0.381. The summed E-state index contributed by atoms with van der Waals surface area (Å²) in [6, 6.07) is 14.3. The maximum atomic E-state index is 12.4. The third kappa shape index (κ3) is 4.27. The van der Waals surface area contributed by atoms with Gasteiger partial charge in [-0.3, -0.25) is 9.69 Å². The number of β-amino-alcohol motifs (C(OH)–C–C–N with tert-alkyl or cyclic N) is 1. The van der Waals surface area contributed by atoms with Crippen molar-refractivity contribution in [2.75, 3.05) is 19.6 Å². The highest BCUT2D eigenvalue weighted by Gasteiger charge is 2.19. The molecule has 0 bridgehead atoms. The lowest BCUT2D eigenvalue weighted by molar-refractivity contribution is 0.0841. The Morgan fingerprint density at radius 3 is 2.52 bits per heavy atom. The molecular formula is C21H26N2O2. The second-order valence-corrected chi connectivity index (χ2v) is 6.88. The number of carbonyl (C=O) groups excluding carboxylic acids is 1. The zero-order valence-corrected chi connectivity index (χ0v) is 15.0. The summed E-state index contributed by atoms with van der Waals surface area (Å²) in [4.78, 5) is 14.7. The predicted molar refractivity (Wildman–Crippen MR) is 99.7 cm³/mol. The molecule has 1 unspecified atom stereocenters. The molecule has 0 spiro atoms. The molecule has 1 amide bonds. The minimum absolute atomic E-state index is 0.112. The summed E-state index contributed by atoms with van der Waals surface area (Å²) >= 11 is 0. The molecular weight excluding hydrogens is 312 g/mol. The fourth-order valence-electron chi connectivity index (χ4n) is 3.54. The van der Waals surface area contributed by atoms with Gasteiger partial charge < -0.3 is 10.4 Å². The van der Waals surface area contributed by atoms with Crippen LogP contribution < -0.4 is 5.32 Å². The molecule has 1 atom stereocenters. The van der Waals surface area contributed by atoms with Crippen molar-refractivity contribution in [3.8, 4) is 0 Å². The average Bonchev–Trinajstić information content (AvgIpc) is 2.60. The maximum absolute atomic E-state index is 12.4. The van der Waals surface area contributed by atoms with Crippen molar-refractivity contribution in [1.82, 2.24) is 10.2 Å². The molecule has 0 aliphatic carbocycles. The normalized spacial score (nSPS) is 15.5. The molecule has 0 radical (unpaired) electrons. The zero-order chi connectivity index (χ0) is 17.8. The van der Waals surface area contributed by atoms with Crippen molar-refractivity contribution in [3.05, 3.63) is 70.3 Å². The van der Waals surface area contributed by atoms with Crippen LogP contribution in [-0.2, 0) is 13.0 Å². The molecule has 1 aliphatic rings. The Labute approximate surface area is 149 Å². The molecule has 132 valence electrons. The second-order valence-electron chi connectivity index (χ2n) is 6.88. The number of aryl methyl sites for hydroxylation is 2. The number of carbonyl (C=O) groups is 1. The highest BCUT2D eigenvalue weighted by Crippen LogP contribution is 2.18. The summed E-state index contributed by atoms with van der Waals surface area (Å²) < 4.78 is 0. The van der Waals surface area contributed by atoms with Gasteiger partial charge in [0.15, 0.2) is 0 Å². The van der Waals surface area contributed by atoms with Crippen molar-refractivity contribution in [2.45, 2.75) is 32.9 Å². The average molecular weight is 338 g/mol. The van der Waals surface area contributed by atoms with E-state index in [9.17, 15) is 9.90 Å². The van der Waals surface area contributed by atoms with Gasteiger partial charge in [-0.05, 0) is 42.5 Å². The molecule has 0 fully saturated rings. The van der Waals surface area contributed by atoms with Crippen LogP contribution in [0.3, 0.4) is 0 Å². The zero-order valence-electron chi connectivity index (χ0n) is 15.0. The van der Waals surface area contributed by atoms with Gasteiger partial charge in [0.05, 0.1) is 6.10 Å². The molecule has 0 saturated heterocycles. The number of aliphatic hydroxyl groups excluding tert-OH is 1. The first-order chi connectivity index (χ1) is 12.0. The standard InChI is InChI=1S/C21H26N2O2/c1-15-6-5-7-16(2)20(15)21(25)22-12-19(24)14-23-11-10-17-8-3-4-9-18(17)13-23/h3-9,19,24H,10-14H2,1-2H3,(H,22,25). The first kappa shape index (κ1) is 17.6. The van der Waals surface area contributed by atoms with Crippen molar-refractivity contribution in [2.24, 2.45) is 0 Å². The Bertz CT molecular complexity index is 737. The highest BCUT2D eigenvalue weighted by atomic mass is 16.3. The Hall–Kier alpha value is -2.17. The van der Waals surface area contributed by atoms with Gasteiger partial charge in [0.2, 0.25) is 0 Å². The van der Waals surface area contributed by atoms with Crippen LogP contribution in [0.4, 0.5) is 0 Å². The van der Waals surface area contributed by atoms with Crippen LogP contribution in [0.5, 0.6) is 0 Å². The lowest BCUT2D eigenvalue weighted by Gasteiger charge is -2.30. The van der Waals surface area contributed by atoms with Crippen LogP contribution in [0.1, 0.15) is 32.6 Å². The van der Waals surface area contributed by atoms with E-state index >= 15 is 0 Å². The third-order valence-electron chi connectivity index (χ3n) is 4.89. The Morgan fingerprint density at radius 2 is 1.80 bits per heavy atom. The van der Waals surface area contributed by atoms with Crippen molar-refractivity contribution < 1.29 is 9.90 Å². The summed E-state index contributed by atoms with van der Waals surface area (Å²) in [6.07, 6.45) is 0.441. The molecule has 2 aromatic rings. The van der Waals surface area contributed by atoms with Gasteiger partial charge in [-0.1, -0.05) is 42.5 Å². The molecule has 0 aromatic heterocycles. The van der Waals surface area contributed by atoms with E-state index in [-0.39, 0.29) is 12.5 Å². The van der Waals surface area contributed by atoms with E-state index in [1.807, 2.05) is 32.0 Å². The SMILES string of the molecule is Cc1cccc(C)c1C(=O)NCC(O)CN1CCc2ccccc2C1. The van der Waals surface area contributed by atoms with E-state index in [4.69, 9.17) is 0 Å². The number of nitrogens with zero attached hydrogens (tertiary/aromatic N) is 1. The lowest BCUT2D eigenvalue weighted by Crippen LogP contribution is -2.42. The number of benzene rings is 2. The predicted octanol–water partition coefficient (Wildman–Crippen LogP) is 2.45. The molecule has 0 saturated carbocycles. The second kappa shape index (κ2) is 7.81. The van der Waals surface area contributed by atoms with Crippen molar-refractivity contribution in [3.63, 3.8) is 0 Å². The Kier molecular flexibility index (Phi) is 5.51. The summed E-state index contributed by atoms with van der Waals surface area (Å²) in [5.41, 5.74) is 5.36. The van der Waals surface area contributed by atoms with Crippen LogP contribution in [0.25, 0.3) is 0 Å². The van der Waals surface area contributed by atoms with E-state index in [1.165, 1.54) is 11.1 Å². The quantitative estimate of drug-likeness (QED) is 0.880. The Morgan fingerprint density at radius 1 is 1.12 bits per heavy atom. The molecule has 3 rings (SSSR count). The highest BCUT2D eigenvalue weighted by molar-refractivity contribution is 5.97. The smallest absolute Gasteiger partial charge is 0.251 e. The maximum Gasteiger partial charge on any atom is 0.251 e. The number of nitrogens with one attached hydrogen (secondary N) is 1. The third-order valence-corrected chi connectivity index (χ3v) is 4.89. The lowest BCUT2D eigenvalue weighted by atomic mass is 10.00. The van der Waals surface area contributed by atoms with Gasteiger partial charge in [0, 0.05) is 31.7 Å². The minimum Gasteiger partial charge on any atom is -0.390 e. The van der Waals surface area contributed by atoms with E-state index in [2.05, 4.69) is 34.5 Å². The van der Waals surface area contributed by atoms with E-state index in [0.29, 0.717) is 12.1 Å². The van der Waals surface area contributed by atoms with Crippen LogP contribution in [0.15, 0.2) is 42.5 Å². The van der Waals surface area contributed by atoms with Gasteiger partial charge >= 0.3 is 0 Å². The first-order valence-electron chi connectivity index (χ1n) is 8.86. The number of fused-ring (bicyclic) bond motifs is 1. The summed E-state index contributed by atoms with van der Waals surface area (Å²) in [6.45, 7) is 6.51. The van der Waals surface area contributed by atoms with Crippen LogP contribution in [-0.4, -0.2) is 41.7 Å². The number of hydrogen-bond acceptors (Lipinski definition) is 3. The van der Waals surface area contributed by atoms with E-state index in [1.54, 1.807) is 0 Å². The van der Waals surface area contributed by atoms with Crippen molar-refractivity contribution >= 4 is 5.91 Å². The molecule has 1 heterocycles. The van der Waals surface area contributed by atoms with Gasteiger partial charge in [0.1, 0.15) is 0 Å². The van der Waals surface area contributed by atoms with Crippen LogP contribution >= 0.6 is 0 Å².